The summed E-state index contributed by atoms with van der Waals surface area (Å²) in [7, 11) is 0. The normalized spacial score (nSPS) is 21.8. The van der Waals surface area contributed by atoms with E-state index in [1.165, 1.54) is 6.42 Å². The topological polar surface area (TPSA) is 55.8 Å². The van der Waals surface area contributed by atoms with Gasteiger partial charge >= 0.3 is 0 Å². The van der Waals surface area contributed by atoms with Gasteiger partial charge in [0.1, 0.15) is 0 Å². The molecule has 25 heavy (non-hydrogen) atoms. The van der Waals surface area contributed by atoms with Gasteiger partial charge in [-0.1, -0.05) is 49.6 Å². The number of β-amino-alcohol motifs (C(OH)–C–C–N with tert-alkyl or cyclic N) is 1. The third-order valence-electron chi connectivity index (χ3n) is 5.47. The van der Waals surface area contributed by atoms with E-state index in [1.54, 1.807) is 0 Å². The van der Waals surface area contributed by atoms with Crippen LogP contribution in [0, 0.1) is 0 Å². The number of nitrogens with zero attached hydrogens (tertiary/aromatic N) is 2. The van der Waals surface area contributed by atoms with Crippen molar-refractivity contribution < 1.29 is 9.90 Å². The van der Waals surface area contributed by atoms with Crippen molar-refractivity contribution in [2.75, 3.05) is 39.3 Å². The Bertz CT molecular complexity index is 535. The first-order valence-electron chi connectivity index (χ1n) is 9.61. The van der Waals surface area contributed by atoms with Gasteiger partial charge in [0.25, 0.3) is 0 Å². The number of nitrogens with one attached hydrogen (secondary N) is 1. The van der Waals surface area contributed by atoms with E-state index in [0.29, 0.717) is 13.1 Å². The van der Waals surface area contributed by atoms with Gasteiger partial charge in [-0.25, -0.2) is 0 Å². The Labute approximate surface area is 151 Å². The summed E-state index contributed by atoms with van der Waals surface area (Å²) in [5.74, 6) is 0.0863. The van der Waals surface area contributed by atoms with Crippen molar-refractivity contribution in [1.29, 1.82) is 0 Å². The van der Waals surface area contributed by atoms with Crippen molar-refractivity contribution >= 4 is 5.91 Å². The van der Waals surface area contributed by atoms with Gasteiger partial charge < -0.3 is 10.4 Å². The maximum Gasteiger partial charge on any atom is 0.234 e. The van der Waals surface area contributed by atoms with Crippen LogP contribution in [0.2, 0.25) is 0 Å². The van der Waals surface area contributed by atoms with Crippen LogP contribution in [0.1, 0.15) is 37.7 Å². The van der Waals surface area contributed by atoms with Crippen LogP contribution >= 0.6 is 0 Å². The van der Waals surface area contributed by atoms with Gasteiger partial charge in [-0.15, -0.1) is 0 Å². The van der Waals surface area contributed by atoms with Gasteiger partial charge in [0, 0.05) is 39.3 Å². The SMILES string of the molecule is O=C(CN1CCN(CC2(O)CCCCC2)CC1)NCc1ccccc1. The lowest BCUT2D eigenvalue weighted by molar-refractivity contribution is -0.123. The van der Waals surface area contributed by atoms with Crippen molar-refractivity contribution in [3.05, 3.63) is 35.9 Å². The molecule has 2 aliphatic rings. The highest BCUT2D eigenvalue weighted by Gasteiger charge is 2.32. The summed E-state index contributed by atoms with van der Waals surface area (Å²) < 4.78 is 0. The Morgan fingerprint density at radius 2 is 1.64 bits per heavy atom. The molecule has 0 unspecified atom stereocenters. The lowest BCUT2D eigenvalue weighted by atomic mass is 9.84. The highest BCUT2D eigenvalue weighted by Crippen LogP contribution is 2.29. The zero-order valence-electron chi connectivity index (χ0n) is 15.1. The molecule has 5 nitrogen and oxygen atoms in total. The van der Waals surface area contributed by atoms with Crippen molar-refractivity contribution in [3.63, 3.8) is 0 Å². The van der Waals surface area contributed by atoms with Crippen LogP contribution in [0.4, 0.5) is 0 Å². The molecule has 0 bridgehead atoms. The fourth-order valence-corrected chi connectivity index (χ4v) is 3.95. The molecule has 1 aliphatic heterocycles. The summed E-state index contributed by atoms with van der Waals surface area (Å²) in [6.07, 6.45) is 5.44. The fourth-order valence-electron chi connectivity index (χ4n) is 3.95. The molecule has 0 radical (unpaired) electrons. The fraction of sp³-hybridized carbons (Fsp3) is 0.650. The minimum absolute atomic E-state index is 0.0863. The first-order valence-corrected chi connectivity index (χ1v) is 9.61. The number of carbonyl (C=O) groups excluding carboxylic acids is 1. The number of amides is 1. The second-order valence-electron chi connectivity index (χ2n) is 7.60. The molecular formula is C20H31N3O2. The highest BCUT2D eigenvalue weighted by molar-refractivity contribution is 5.78. The molecule has 1 aromatic rings. The second-order valence-corrected chi connectivity index (χ2v) is 7.60. The molecule has 1 saturated heterocycles. The van der Waals surface area contributed by atoms with Crippen molar-refractivity contribution in [3.8, 4) is 0 Å². The van der Waals surface area contributed by atoms with Crippen molar-refractivity contribution in [2.45, 2.75) is 44.2 Å². The number of piperazine rings is 1. The van der Waals surface area contributed by atoms with Gasteiger partial charge in [0.2, 0.25) is 5.91 Å². The van der Waals surface area contributed by atoms with Gasteiger partial charge in [-0.05, 0) is 18.4 Å². The van der Waals surface area contributed by atoms with Crippen molar-refractivity contribution in [2.24, 2.45) is 0 Å². The number of hydrogen-bond acceptors (Lipinski definition) is 4. The zero-order valence-corrected chi connectivity index (χ0v) is 15.1. The molecule has 0 spiro atoms. The molecule has 0 aromatic heterocycles. The monoisotopic (exact) mass is 345 g/mol. The van der Waals surface area contributed by atoms with E-state index in [4.69, 9.17) is 0 Å². The van der Waals surface area contributed by atoms with Gasteiger partial charge in [-0.3, -0.25) is 14.6 Å². The summed E-state index contributed by atoms with van der Waals surface area (Å²) in [5.41, 5.74) is 0.648. The molecule has 2 N–H and O–H groups in total. The second kappa shape index (κ2) is 8.79. The predicted molar refractivity (Wildman–Crippen MR) is 99.2 cm³/mol. The maximum absolute atomic E-state index is 12.1. The predicted octanol–water partition coefficient (Wildman–Crippen LogP) is 1.62. The van der Waals surface area contributed by atoms with E-state index in [9.17, 15) is 9.90 Å². The number of carbonyl (C=O) groups is 1. The summed E-state index contributed by atoms with van der Waals surface area (Å²) in [5, 5.41) is 13.7. The van der Waals surface area contributed by atoms with Gasteiger partial charge in [0.05, 0.1) is 12.1 Å². The van der Waals surface area contributed by atoms with Crippen molar-refractivity contribution in [1.82, 2.24) is 15.1 Å². The average Bonchev–Trinajstić information content (AvgIpc) is 2.63. The summed E-state index contributed by atoms with van der Waals surface area (Å²) >= 11 is 0. The van der Waals surface area contributed by atoms with E-state index >= 15 is 0 Å². The lowest BCUT2D eigenvalue weighted by Gasteiger charge is -2.40. The molecule has 0 atom stereocenters. The van der Waals surface area contributed by atoms with E-state index in [1.807, 2.05) is 30.3 Å². The van der Waals surface area contributed by atoms with E-state index in [-0.39, 0.29) is 5.91 Å². The molecule has 1 saturated carbocycles. The Balaban J connectivity index is 1.35. The van der Waals surface area contributed by atoms with Crippen LogP contribution in [0.15, 0.2) is 30.3 Å². The molecule has 1 amide bonds. The molecular weight excluding hydrogens is 314 g/mol. The van der Waals surface area contributed by atoms with E-state index < -0.39 is 5.60 Å². The number of rotatable bonds is 6. The molecule has 1 heterocycles. The Hall–Kier alpha value is -1.43. The first-order chi connectivity index (χ1) is 12.1. The van der Waals surface area contributed by atoms with Crippen LogP contribution < -0.4 is 5.32 Å². The number of aliphatic hydroxyl groups is 1. The molecule has 138 valence electrons. The largest absolute Gasteiger partial charge is 0.389 e. The smallest absolute Gasteiger partial charge is 0.234 e. The van der Waals surface area contributed by atoms with Gasteiger partial charge in [0.15, 0.2) is 0 Å². The Kier molecular flexibility index (Phi) is 6.45. The molecule has 1 aliphatic carbocycles. The van der Waals surface area contributed by atoms with E-state index in [2.05, 4.69) is 15.1 Å². The number of hydrogen-bond donors (Lipinski definition) is 2. The van der Waals surface area contributed by atoms with E-state index in [0.717, 1.165) is 64.0 Å². The quantitative estimate of drug-likeness (QED) is 0.823. The zero-order chi connectivity index (χ0) is 17.5. The Morgan fingerprint density at radius 1 is 1.00 bits per heavy atom. The maximum atomic E-state index is 12.1. The average molecular weight is 345 g/mol. The molecule has 5 heteroatoms. The summed E-state index contributed by atoms with van der Waals surface area (Å²) in [4.78, 5) is 16.7. The van der Waals surface area contributed by atoms with Crippen LogP contribution in [0.3, 0.4) is 0 Å². The molecule has 1 aromatic carbocycles. The minimum atomic E-state index is -0.479. The van der Waals surface area contributed by atoms with Crippen LogP contribution in [0.25, 0.3) is 0 Å². The lowest BCUT2D eigenvalue weighted by Crippen LogP contribution is -2.53. The van der Waals surface area contributed by atoms with Crippen LogP contribution in [-0.2, 0) is 11.3 Å². The van der Waals surface area contributed by atoms with Crippen LogP contribution in [0.5, 0.6) is 0 Å². The molecule has 2 fully saturated rings. The van der Waals surface area contributed by atoms with Crippen LogP contribution in [-0.4, -0.2) is 65.7 Å². The van der Waals surface area contributed by atoms with Gasteiger partial charge in [-0.2, -0.15) is 0 Å². The third kappa shape index (κ3) is 5.80. The number of benzene rings is 1. The minimum Gasteiger partial charge on any atom is -0.389 e. The molecule has 3 rings (SSSR count). The third-order valence-corrected chi connectivity index (χ3v) is 5.47. The highest BCUT2D eigenvalue weighted by atomic mass is 16.3. The first kappa shape index (κ1) is 18.4. The Morgan fingerprint density at radius 3 is 2.32 bits per heavy atom. The summed E-state index contributed by atoms with van der Waals surface area (Å²) in [6.45, 7) is 5.52. The summed E-state index contributed by atoms with van der Waals surface area (Å²) in [6, 6.07) is 10.0. The standard InChI is InChI=1S/C20H31N3O2/c24-19(21-15-18-7-3-1-4-8-18)16-22-11-13-23(14-12-22)17-20(25)9-5-2-6-10-20/h1,3-4,7-8,25H,2,5-6,9-17H2,(H,21,24).